The minimum Gasteiger partial charge on any atom is -0.504 e. The van der Waals surface area contributed by atoms with Gasteiger partial charge in [-0.3, -0.25) is 14.5 Å². The lowest BCUT2D eigenvalue weighted by Gasteiger charge is -2.06. The van der Waals surface area contributed by atoms with Crippen LogP contribution in [0.2, 0.25) is 0 Å². The average Bonchev–Trinajstić information content (AvgIpc) is 3.47. The first-order valence-corrected chi connectivity index (χ1v) is 11.2. The predicted molar refractivity (Wildman–Crippen MR) is 135 cm³/mol. The molecule has 0 bridgehead atoms. The number of hydrogen-bond donors (Lipinski definition) is 1. The third-order valence-corrected chi connectivity index (χ3v) is 5.78. The van der Waals surface area contributed by atoms with Gasteiger partial charge in [0.15, 0.2) is 17.3 Å². The number of nitro groups is 1. The molecule has 0 aliphatic heterocycles. The first-order valence-electron chi connectivity index (χ1n) is 10.4. The molecule has 5 aromatic rings. The van der Waals surface area contributed by atoms with Gasteiger partial charge >= 0.3 is 0 Å². The molecule has 0 saturated heterocycles. The molecule has 3 aromatic heterocycles. The highest BCUT2D eigenvalue weighted by atomic mass is 79.9. The number of furan rings is 1. The van der Waals surface area contributed by atoms with Gasteiger partial charge in [0.1, 0.15) is 22.9 Å². The van der Waals surface area contributed by atoms with Crippen molar-refractivity contribution in [1.29, 1.82) is 0 Å². The Kier molecular flexibility index (Phi) is 5.79. The van der Waals surface area contributed by atoms with E-state index >= 15 is 0 Å². The number of benzene rings is 2. The van der Waals surface area contributed by atoms with Crippen LogP contribution in [-0.4, -0.2) is 32.7 Å². The van der Waals surface area contributed by atoms with Crippen molar-refractivity contribution in [2.75, 3.05) is 7.11 Å². The number of nitro benzene ring substituents is 1. The number of phenolic OH excluding ortho intramolecular Hbond substituents is 1. The molecule has 1 N–H and O–H groups in total. The van der Waals surface area contributed by atoms with E-state index in [0.29, 0.717) is 40.0 Å². The van der Waals surface area contributed by atoms with Gasteiger partial charge in [-0.1, -0.05) is 0 Å². The van der Waals surface area contributed by atoms with Crippen LogP contribution in [0.15, 0.2) is 86.8 Å². The largest absolute Gasteiger partial charge is 0.504 e. The first kappa shape index (κ1) is 22.4. The number of nitrogens with zero attached hydrogens (tertiary/aromatic N) is 4. The lowest BCUT2D eigenvalue weighted by Crippen LogP contribution is -1.87. The molecule has 2 aromatic carbocycles. The average molecular weight is 533 g/mol. The van der Waals surface area contributed by atoms with Gasteiger partial charge in [-0.05, 0) is 70.5 Å². The summed E-state index contributed by atoms with van der Waals surface area (Å²) in [4.78, 5) is 19.8. The number of halogens is 1. The zero-order chi connectivity index (χ0) is 24.5. The Morgan fingerprint density at radius 3 is 2.63 bits per heavy atom. The second kappa shape index (κ2) is 9.07. The molecule has 3 heterocycles. The molecule has 0 aliphatic rings. The summed E-state index contributed by atoms with van der Waals surface area (Å²) in [5.74, 6) is 1.97. The zero-order valence-corrected chi connectivity index (χ0v) is 19.8. The minimum atomic E-state index is -0.445. The Bertz CT molecular complexity index is 1590. The standard InChI is InChI=1S/C25H17BrN4O5/c1-34-22-12-16(4-9-20(22)31)24-25(29-14-17(26)5-11-23(29)28-24)27-13-19-8-10-21(35-19)15-2-6-18(7-3-15)30(32)33/h2-14,31H,1H3. The van der Waals surface area contributed by atoms with Crippen molar-refractivity contribution >= 4 is 39.3 Å². The highest BCUT2D eigenvalue weighted by Crippen LogP contribution is 2.36. The predicted octanol–water partition coefficient (Wildman–Crippen LogP) is 6.40. The molecule has 0 unspecified atom stereocenters. The van der Waals surface area contributed by atoms with Crippen LogP contribution in [0.4, 0.5) is 11.5 Å². The second-order valence-corrected chi connectivity index (χ2v) is 8.43. The normalized spacial score (nSPS) is 11.4. The first-order chi connectivity index (χ1) is 16.9. The SMILES string of the molecule is COc1cc(-c2nc3ccc(Br)cn3c2N=Cc2ccc(-c3ccc([N+](=O)[O-])cc3)o2)ccc1O. The van der Waals surface area contributed by atoms with Crippen LogP contribution in [0, 0.1) is 10.1 Å². The second-order valence-electron chi connectivity index (χ2n) is 7.51. The van der Waals surface area contributed by atoms with E-state index < -0.39 is 4.92 Å². The quantitative estimate of drug-likeness (QED) is 0.154. The van der Waals surface area contributed by atoms with Gasteiger partial charge in [-0.25, -0.2) is 9.98 Å². The van der Waals surface area contributed by atoms with Gasteiger partial charge in [0.05, 0.1) is 18.2 Å². The number of imidazole rings is 1. The zero-order valence-electron chi connectivity index (χ0n) is 18.3. The van der Waals surface area contributed by atoms with E-state index in [4.69, 9.17) is 14.1 Å². The van der Waals surface area contributed by atoms with Crippen molar-refractivity contribution in [3.05, 3.63) is 93.3 Å². The molecule has 9 nitrogen and oxygen atoms in total. The summed E-state index contributed by atoms with van der Waals surface area (Å²) in [6, 6.07) is 18.4. The Hall–Kier alpha value is -4.44. The van der Waals surface area contributed by atoms with Crippen LogP contribution in [0.25, 0.3) is 28.2 Å². The van der Waals surface area contributed by atoms with Gasteiger partial charge in [-0.2, -0.15) is 0 Å². The molecule has 0 radical (unpaired) electrons. The van der Waals surface area contributed by atoms with E-state index in [-0.39, 0.29) is 11.4 Å². The Morgan fingerprint density at radius 1 is 1.11 bits per heavy atom. The Morgan fingerprint density at radius 2 is 1.89 bits per heavy atom. The number of aromatic nitrogens is 2. The highest BCUT2D eigenvalue weighted by Gasteiger charge is 2.16. The molecular weight excluding hydrogens is 516 g/mol. The van der Waals surface area contributed by atoms with E-state index in [9.17, 15) is 15.2 Å². The van der Waals surface area contributed by atoms with Gasteiger partial charge in [0.2, 0.25) is 0 Å². The molecule has 0 fully saturated rings. The lowest BCUT2D eigenvalue weighted by atomic mass is 10.1. The maximum absolute atomic E-state index is 10.9. The van der Waals surface area contributed by atoms with Crippen LogP contribution < -0.4 is 4.74 Å². The van der Waals surface area contributed by atoms with E-state index in [1.807, 2.05) is 22.7 Å². The molecule has 35 heavy (non-hydrogen) atoms. The van der Waals surface area contributed by atoms with Crippen LogP contribution in [0.3, 0.4) is 0 Å². The number of aromatic hydroxyl groups is 1. The fraction of sp³-hybridized carbons (Fsp3) is 0.0400. The van der Waals surface area contributed by atoms with Crippen molar-refractivity contribution in [2.24, 2.45) is 4.99 Å². The molecule has 0 saturated carbocycles. The van der Waals surface area contributed by atoms with E-state index in [1.54, 1.807) is 48.7 Å². The topological polar surface area (TPSA) is 115 Å². The molecule has 10 heteroatoms. The van der Waals surface area contributed by atoms with Gasteiger partial charge in [-0.15, -0.1) is 0 Å². The molecule has 5 rings (SSSR count). The summed E-state index contributed by atoms with van der Waals surface area (Å²) in [6.07, 6.45) is 3.45. The fourth-order valence-corrected chi connectivity index (χ4v) is 3.93. The number of non-ortho nitro benzene ring substituents is 1. The maximum Gasteiger partial charge on any atom is 0.269 e. The van der Waals surface area contributed by atoms with Crippen molar-refractivity contribution in [3.63, 3.8) is 0 Å². The number of phenols is 1. The molecule has 174 valence electrons. The number of fused-ring (bicyclic) bond motifs is 1. The minimum absolute atomic E-state index is 0.0132. The molecular formula is C25H17BrN4O5. The number of hydrogen-bond acceptors (Lipinski definition) is 7. The monoisotopic (exact) mass is 532 g/mol. The number of rotatable bonds is 6. The van der Waals surface area contributed by atoms with Crippen molar-refractivity contribution in [2.45, 2.75) is 0 Å². The third kappa shape index (κ3) is 4.38. The summed E-state index contributed by atoms with van der Waals surface area (Å²) in [6.45, 7) is 0. The van der Waals surface area contributed by atoms with E-state index in [1.165, 1.54) is 19.2 Å². The summed E-state index contributed by atoms with van der Waals surface area (Å²) >= 11 is 3.49. The smallest absolute Gasteiger partial charge is 0.269 e. The van der Waals surface area contributed by atoms with Gasteiger partial charge in [0.25, 0.3) is 5.69 Å². The summed E-state index contributed by atoms with van der Waals surface area (Å²) in [5.41, 5.74) is 2.73. The molecule has 0 amide bonds. The maximum atomic E-state index is 10.9. The fourth-order valence-electron chi connectivity index (χ4n) is 3.60. The van der Waals surface area contributed by atoms with Gasteiger partial charge in [0, 0.05) is 33.9 Å². The summed E-state index contributed by atoms with van der Waals surface area (Å²) < 4.78 is 13.8. The highest BCUT2D eigenvalue weighted by molar-refractivity contribution is 9.10. The van der Waals surface area contributed by atoms with Crippen LogP contribution in [-0.2, 0) is 0 Å². The van der Waals surface area contributed by atoms with Crippen LogP contribution >= 0.6 is 15.9 Å². The van der Waals surface area contributed by atoms with Crippen LogP contribution in [0.1, 0.15) is 5.76 Å². The molecule has 0 spiro atoms. The third-order valence-electron chi connectivity index (χ3n) is 5.31. The van der Waals surface area contributed by atoms with Crippen LogP contribution in [0.5, 0.6) is 11.5 Å². The van der Waals surface area contributed by atoms with Crippen molar-refractivity contribution in [3.8, 4) is 34.1 Å². The number of ether oxygens (including phenoxy) is 1. The van der Waals surface area contributed by atoms with E-state index in [0.717, 1.165) is 10.0 Å². The number of methoxy groups -OCH3 is 1. The Balaban J connectivity index is 1.54. The number of aliphatic imine (C=N–C) groups is 1. The van der Waals surface area contributed by atoms with E-state index in [2.05, 4.69) is 20.9 Å². The summed E-state index contributed by atoms with van der Waals surface area (Å²) in [7, 11) is 1.48. The molecule has 0 aliphatic carbocycles. The summed E-state index contributed by atoms with van der Waals surface area (Å²) in [5, 5.41) is 20.9. The van der Waals surface area contributed by atoms with Gasteiger partial charge < -0.3 is 14.3 Å². The Labute approximate surface area is 207 Å². The number of pyridine rings is 1. The lowest BCUT2D eigenvalue weighted by molar-refractivity contribution is -0.384. The molecule has 0 atom stereocenters. The van der Waals surface area contributed by atoms with Crippen molar-refractivity contribution in [1.82, 2.24) is 9.38 Å². The van der Waals surface area contributed by atoms with Crippen molar-refractivity contribution < 1.29 is 19.2 Å².